The summed E-state index contributed by atoms with van der Waals surface area (Å²) < 4.78 is 0. The van der Waals surface area contributed by atoms with Crippen LogP contribution in [0.25, 0.3) is 0 Å². The highest BCUT2D eigenvalue weighted by atomic mass is 14.9. The van der Waals surface area contributed by atoms with Gasteiger partial charge in [0.05, 0.1) is 0 Å². The van der Waals surface area contributed by atoms with Crippen LogP contribution in [0.2, 0.25) is 0 Å². The van der Waals surface area contributed by atoms with Gasteiger partial charge in [0.1, 0.15) is 0 Å². The third kappa shape index (κ3) is 2.98. The van der Waals surface area contributed by atoms with Crippen LogP contribution >= 0.6 is 0 Å². The molecule has 1 unspecified atom stereocenters. The summed E-state index contributed by atoms with van der Waals surface area (Å²) in [6.45, 7) is 11.7. The molecule has 1 saturated carbocycles. The van der Waals surface area contributed by atoms with Gasteiger partial charge in [-0.25, -0.2) is 0 Å². The van der Waals surface area contributed by atoms with Crippen molar-refractivity contribution in [3.63, 3.8) is 0 Å². The van der Waals surface area contributed by atoms with E-state index >= 15 is 0 Å². The first-order valence-electron chi connectivity index (χ1n) is 5.81. The summed E-state index contributed by atoms with van der Waals surface area (Å²) >= 11 is 0. The molecular weight excluding hydrogens is 158 g/mol. The molecule has 1 nitrogen and oxygen atoms in total. The number of rotatable bonds is 6. The normalized spacial score (nSPS) is 21.9. The van der Waals surface area contributed by atoms with Gasteiger partial charge in [0.15, 0.2) is 0 Å². The molecule has 1 rings (SSSR count). The maximum atomic E-state index is 3.60. The Kier molecular flexibility index (Phi) is 3.78. The van der Waals surface area contributed by atoms with Crippen LogP contribution in [0.1, 0.15) is 47.0 Å². The molecule has 0 spiro atoms. The van der Waals surface area contributed by atoms with Gasteiger partial charge >= 0.3 is 0 Å². The van der Waals surface area contributed by atoms with Crippen molar-refractivity contribution >= 4 is 0 Å². The Labute approximate surface area is 83.3 Å². The summed E-state index contributed by atoms with van der Waals surface area (Å²) in [6, 6.07) is 0. The third-order valence-corrected chi connectivity index (χ3v) is 3.58. The van der Waals surface area contributed by atoms with Gasteiger partial charge in [0.2, 0.25) is 0 Å². The van der Waals surface area contributed by atoms with E-state index in [1.54, 1.807) is 0 Å². The first-order valence-corrected chi connectivity index (χ1v) is 5.81. The van der Waals surface area contributed by atoms with E-state index in [9.17, 15) is 0 Å². The minimum absolute atomic E-state index is 0.684. The smallest absolute Gasteiger partial charge is 0.00105 e. The van der Waals surface area contributed by atoms with E-state index < -0.39 is 0 Å². The van der Waals surface area contributed by atoms with Gasteiger partial charge in [-0.05, 0) is 36.6 Å². The zero-order valence-corrected chi connectivity index (χ0v) is 9.69. The van der Waals surface area contributed by atoms with Crippen molar-refractivity contribution in [2.45, 2.75) is 47.0 Å². The Hall–Kier alpha value is -0.0400. The van der Waals surface area contributed by atoms with Crippen molar-refractivity contribution < 1.29 is 0 Å². The predicted molar refractivity (Wildman–Crippen MR) is 58.8 cm³/mol. The van der Waals surface area contributed by atoms with E-state index in [0.29, 0.717) is 5.41 Å². The van der Waals surface area contributed by atoms with Crippen LogP contribution in [-0.4, -0.2) is 13.1 Å². The molecule has 13 heavy (non-hydrogen) atoms. The molecule has 1 fully saturated rings. The molecule has 1 N–H and O–H groups in total. The van der Waals surface area contributed by atoms with Gasteiger partial charge < -0.3 is 5.32 Å². The van der Waals surface area contributed by atoms with Gasteiger partial charge in [-0.15, -0.1) is 0 Å². The van der Waals surface area contributed by atoms with E-state index in [0.717, 1.165) is 11.8 Å². The fraction of sp³-hybridized carbons (Fsp3) is 1.00. The Balaban J connectivity index is 2.20. The zero-order chi connectivity index (χ0) is 9.90. The summed E-state index contributed by atoms with van der Waals surface area (Å²) in [7, 11) is 0. The second-order valence-electron chi connectivity index (χ2n) is 5.20. The molecule has 1 heteroatoms. The highest BCUT2D eigenvalue weighted by molar-refractivity contribution is 4.98. The van der Waals surface area contributed by atoms with Crippen molar-refractivity contribution in [2.75, 3.05) is 13.1 Å². The van der Waals surface area contributed by atoms with Crippen LogP contribution in [0.3, 0.4) is 0 Å². The molecule has 1 aliphatic rings. The number of nitrogens with one attached hydrogen (secondary N) is 1. The highest BCUT2D eigenvalue weighted by Crippen LogP contribution is 2.52. The predicted octanol–water partition coefficient (Wildman–Crippen LogP) is 3.06. The van der Waals surface area contributed by atoms with Crippen molar-refractivity contribution in [3.8, 4) is 0 Å². The average molecular weight is 183 g/mol. The Bertz CT molecular complexity index is 147. The van der Waals surface area contributed by atoms with Crippen LogP contribution in [0, 0.1) is 17.3 Å². The van der Waals surface area contributed by atoms with Gasteiger partial charge in [0.25, 0.3) is 0 Å². The van der Waals surface area contributed by atoms with Gasteiger partial charge in [0, 0.05) is 6.54 Å². The molecule has 78 valence electrons. The molecule has 1 aliphatic carbocycles. The zero-order valence-electron chi connectivity index (χ0n) is 9.69. The van der Waals surface area contributed by atoms with Crippen molar-refractivity contribution in [2.24, 2.45) is 17.3 Å². The van der Waals surface area contributed by atoms with E-state index in [-0.39, 0.29) is 0 Å². The molecule has 0 bridgehead atoms. The Morgan fingerprint density at radius 1 is 1.23 bits per heavy atom. The molecule has 0 aromatic heterocycles. The van der Waals surface area contributed by atoms with E-state index in [4.69, 9.17) is 0 Å². The molecule has 0 aliphatic heterocycles. The van der Waals surface area contributed by atoms with Gasteiger partial charge in [-0.3, -0.25) is 0 Å². The summed E-state index contributed by atoms with van der Waals surface area (Å²) in [6.07, 6.45) is 4.24. The maximum absolute atomic E-state index is 3.60. The summed E-state index contributed by atoms with van der Waals surface area (Å²) in [5.74, 6) is 1.69. The first-order chi connectivity index (χ1) is 6.10. The molecule has 0 radical (unpaired) electrons. The molecule has 0 aromatic rings. The lowest BCUT2D eigenvalue weighted by Gasteiger charge is -2.23. The van der Waals surface area contributed by atoms with Crippen LogP contribution in [0.15, 0.2) is 0 Å². The van der Waals surface area contributed by atoms with Crippen LogP contribution in [0.4, 0.5) is 0 Å². The second kappa shape index (κ2) is 4.45. The molecule has 0 heterocycles. The highest BCUT2D eigenvalue weighted by Gasteiger charge is 2.45. The fourth-order valence-corrected chi connectivity index (χ4v) is 2.05. The van der Waals surface area contributed by atoms with E-state index in [2.05, 4.69) is 33.0 Å². The Morgan fingerprint density at radius 2 is 1.85 bits per heavy atom. The van der Waals surface area contributed by atoms with Crippen LogP contribution < -0.4 is 5.32 Å². The minimum Gasteiger partial charge on any atom is -0.316 e. The number of hydrogen-bond acceptors (Lipinski definition) is 1. The maximum Gasteiger partial charge on any atom is 0.00105 e. The van der Waals surface area contributed by atoms with Crippen molar-refractivity contribution in [3.05, 3.63) is 0 Å². The average Bonchev–Trinajstić information content (AvgIpc) is 2.84. The molecule has 0 aromatic carbocycles. The quantitative estimate of drug-likeness (QED) is 0.667. The largest absolute Gasteiger partial charge is 0.316 e. The lowest BCUT2D eigenvalue weighted by atomic mass is 9.88. The van der Waals surface area contributed by atoms with Crippen LogP contribution in [-0.2, 0) is 0 Å². The fourth-order valence-electron chi connectivity index (χ4n) is 2.05. The molecule has 1 atom stereocenters. The summed E-state index contributed by atoms with van der Waals surface area (Å²) in [5.41, 5.74) is 0.684. The third-order valence-electron chi connectivity index (χ3n) is 3.58. The van der Waals surface area contributed by atoms with Gasteiger partial charge in [-0.1, -0.05) is 34.1 Å². The summed E-state index contributed by atoms with van der Waals surface area (Å²) in [4.78, 5) is 0. The number of hydrogen-bond donors (Lipinski definition) is 1. The lowest BCUT2D eigenvalue weighted by molar-refractivity contribution is 0.302. The van der Waals surface area contributed by atoms with E-state index in [1.807, 2.05) is 0 Å². The summed E-state index contributed by atoms with van der Waals surface area (Å²) in [5, 5.41) is 3.60. The molecule has 0 saturated heterocycles. The van der Waals surface area contributed by atoms with Crippen LogP contribution in [0.5, 0.6) is 0 Å². The monoisotopic (exact) mass is 183 g/mol. The van der Waals surface area contributed by atoms with E-state index in [1.165, 1.54) is 32.4 Å². The first kappa shape index (κ1) is 11.0. The standard InChI is InChI=1S/C12H25N/c1-5-11(4)12(6-7-12)9-13-8-10(2)3/h10-11,13H,5-9H2,1-4H3. The van der Waals surface area contributed by atoms with Crippen molar-refractivity contribution in [1.82, 2.24) is 5.32 Å². The Morgan fingerprint density at radius 3 is 2.23 bits per heavy atom. The molecule has 0 amide bonds. The van der Waals surface area contributed by atoms with Crippen molar-refractivity contribution in [1.29, 1.82) is 0 Å². The van der Waals surface area contributed by atoms with Gasteiger partial charge in [-0.2, -0.15) is 0 Å². The topological polar surface area (TPSA) is 12.0 Å². The SMILES string of the molecule is CCC(C)C1(CNCC(C)C)CC1. The minimum atomic E-state index is 0.684. The second-order valence-corrected chi connectivity index (χ2v) is 5.20. The molecular formula is C12H25N. The lowest BCUT2D eigenvalue weighted by Crippen LogP contribution is -2.30.